The average molecular weight is 239 g/mol. The molecule has 17 heavy (non-hydrogen) atoms. The lowest BCUT2D eigenvalue weighted by atomic mass is 10.3. The van der Waals surface area contributed by atoms with Crippen molar-refractivity contribution in [3.63, 3.8) is 0 Å². The minimum Gasteiger partial charge on any atom is -0.351 e. The molecule has 1 unspecified atom stereocenters. The molecule has 0 aromatic carbocycles. The molecule has 5 nitrogen and oxygen atoms in total. The zero-order valence-corrected chi connectivity index (χ0v) is 10.4. The highest BCUT2D eigenvalue weighted by Gasteiger charge is 2.19. The first kappa shape index (κ1) is 13.7. The molecule has 5 heteroatoms. The summed E-state index contributed by atoms with van der Waals surface area (Å²) in [5.41, 5.74) is 0. The molecular weight excluding hydrogens is 218 g/mol. The van der Waals surface area contributed by atoms with Crippen molar-refractivity contribution in [1.82, 2.24) is 15.5 Å². The molecular formula is C12H21N3O2. The Morgan fingerprint density at radius 2 is 2.06 bits per heavy atom. The van der Waals surface area contributed by atoms with Crippen molar-refractivity contribution < 1.29 is 9.59 Å². The second-order valence-electron chi connectivity index (χ2n) is 4.22. The molecule has 0 aromatic rings. The fraction of sp³-hybridized carbons (Fsp3) is 0.667. The van der Waals surface area contributed by atoms with Gasteiger partial charge in [-0.1, -0.05) is 6.08 Å². The van der Waals surface area contributed by atoms with E-state index in [0.29, 0.717) is 6.54 Å². The largest absolute Gasteiger partial charge is 0.351 e. The maximum Gasteiger partial charge on any atom is 0.237 e. The zero-order chi connectivity index (χ0) is 12.7. The molecule has 0 radical (unpaired) electrons. The van der Waals surface area contributed by atoms with Crippen LogP contribution in [0.3, 0.4) is 0 Å². The monoisotopic (exact) mass is 239 g/mol. The van der Waals surface area contributed by atoms with E-state index in [1.165, 1.54) is 0 Å². The normalized spacial score (nSPS) is 16.6. The third kappa shape index (κ3) is 4.56. The summed E-state index contributed by atoms with van der Waals surface area (Å²) < 4.78 is 0. The second-order valence-corrected chi connectivity index (χ2v) is 4.22. The number of amides is 2. The summed E-state index contributed by atoms with van der Waals surface area (Å²) in [6, 6.07) is -0.360. The molecule has 2 amide bonds. The Kier molecular flexibility index (Phi) is 5.69. The third-order valence-electron chi connectivity index (χ3n) is 2.83. The van der Waals surface area contributed by atoms with Gasteiger partial charge >= 0.3 is 0 Å². The van der Waals surface area contributed by atoms with Crippen molar-refractivity contribution in [2.24, 2.45) is 0 Å². The van der Waals surface area contributed by atoms with Gasteiger partial charge in [-0.05, 0) is 19.8 Å². The molecule has 0 saturated carbocycles. The molecule has 1 atom stereocenters. The molecule has 1 aliphatic rings. The van der Waals surface area contributed by atoms with Crippen LogP contribution >= 0.6 is 0 Å². The van der Waals surface area contributed by atoms with E-state index in [1.807, 2.05) is 4.90 Å². The van der Waals surface area contributed by atoms with E-state index in [-0.39, 0.29) is 24.4 Å². The Morgan fingerprint density at radius 1 is 1.41 bits per heavy atom. The summed E-state index contributed by atoms with van der Waals surface area (Å²) in [5, 5.41) is 5.61. The summed E-state index contributed by atoms with van der Waals surface area (Å²) in [6.07, 6.45) is 3.79. The molecule has 0 aromatic heterocycles. The highest BCUT2D eigenvalue weighted by molar-refractivity contribution is 5.83. The van der Waals surface area contributed by atoms with E-state index in [1.54, 1.807) is 13.0 Å². The first-order valence-electron chi connectivity index (χ1n) is 6.05. The van der Waals surface area contributed by atoms with Crippen LogP contribution in [0.5, 0.6) is 0 Å². The van der Waals surface area contributed by atoms with E-state index in [4.69, 9.17) is 0 Å². The number of likely N-dealkylation sites (tertiary alicyclic amines) is 1. The smallest absolute Gasteiger partial charge is 0.237 e. The number of nitrogens with zero attached hydrogens (tertiary/aromatic N) is 1. The van der Waals surface area contributed by atoms with Gasteiger partial charge in [-0.15, -0.1) is 6.58 Å². The van der Waals surface area contributed by atoms with Crippen LogP contribution in [0.25, 0.3) is 0 Å². The lowest BCUT2D eigenvalue weighted by Crippen LogP contribution is -2.46. The maximum absolute atomic E-state index is 11.7. The fourth-order valence-corrected chi connectivity index (χ4v) is 1.74. The van der Waals surface area contributed by atoms with Gasteiger partial charge in [-0.2, -0.15) is 0 Å². The lowest BCUT2D eigenvalue weighted by molar-refractivity contribution is -0.129. The molecule has 1 aliphatic heterocycles. The highest BCUT2D eigenvalue weighted by Crippen LogP contribution is 2.06. The second kappa shape index (κ2) is 7.06. The lowest BCUT2D eigenvalue weighted by Gasteiger charge is -2.18. The molecule has 1 fully saturated rings. The topological polar surface area (TPSA) is 61.4 Å². The molecule has 1 saturated heterocycles. The van der Waals surface area contributed by atoms with Crippen LogP contribution in [0, 0.1) is 0 Å². The van der Waals surface area contributed by atoms with Crippen molar-refractivity contribution in [2.45, 2.75) is 25.8 Å². The van der Waals surface area contributed by atoms with Crippen molar-refractivity contribution in [3.05, 3.63) is 12.7 Å². The third-order valence-corrected chi connectivity index (χ3v) is 2.83. The number of carbonyl (C=O) groups is 2. The summed E-state index contributed by atoms with van der Waals surface area (Å²) in [5.74, 6) is -0.0370. The quantitative estimate of drug-likeness (QED) is 0.636. The molecule has 0 spiro atoms. The number of carbonyl (C=O) groups excluding carboxylic acids is 2. The van der Waals surface area contributed by atoms with Crippen molar-refractivity contribution in [3.8, 4) is 0 Å². The van der Waals surface area contributed by atoms with Crippen molar-refractivity contribution in [2.75, 3.05) is 26.2 Å². The van der Waals surface area contributed by atoms with Crippen LogP contribution in [0.1, 0.15) is 19.8 Å². The van der Waals surface area contributed by atoms with Crippen LogP contribution in [-0.2, 0) is 9.59 Å². The standard InChI is InChI=1S/C12H21N3O2/c1-3-6-13-12(17)10(2)14-9-11(16)15-7-4-5-8-15/h3,10,14H,1,4-9H2,2H3,(H,13,17). The number of hydrogen-bond acceptors (Lipinski definition) is 3. The molecule has 96 valence electrons. The van der Waals surface area contributed by atoms with Crippen LogP contribution < -0.4 is 10.6 Å². The number of hydrogen-bond donors (Lipinski definition) is 2. The van der Waals surface area contributed by atoms with Gasteiger partial charge in [-0.25, -0.2) is 0 Å². The Labute approximate surface area is 102 Å². The maximum atomic E-state index is 11.7. The number of nitrogens with one attached hydrogen (secondary N) is 2. The number of rotatable bonds is 6. The van der Waals surface area contributed by atoms with E-state index in [2.05, 4.69) is 17.2 Å². The molecule has 0 bridgehead atoms. The first-order valence-corrected chi connectivity index (χ1v) is 6.05. The van der Waals surface area contributed by atoms with Crippen LogP contribution in [0.4, 0.5) is 0 Å². The Bertz CT molecular complexity index is 285. The predicted octanol–water partition coefficient (Wildman–Crippen LogP) is -0.111. The summed E-state index contributed by atoms with van der Waals surface area (Å²) >= 11 is 0. The van der Waals surface area contributed by atoms with Crippen molar-refractivity contribution in [1.29, 1.82) is 0 Å². The van der Waals surface area contributed by atoms with Gasteiger partial charge in [0.15, 0.2) is 0 Å². The van der Waals surface area contributed by atoms with Gasteiger partial charge < -0.3 is 10.2 Å². The van der Waals surface area contributed by atoms with Crippen LogP contribution in [0.2, 0.25) is 0 Å². The van der Waals surface area contributed by atoms with Gasteiger partial charge in [-0.3, -0.25) is 14.9 Å². The first-order chi connectivity index (χ1) is 8.15. The van der Waals surface area contributed by atoms with Crippen LogP contribution in [-0.4, -0.2) is 48.9 Å². The Balaban J connectivity index is 2.22. The van der Waals surface area contributed by atoms with Gasteiger partial charge in [0.1, 0.15) is 0 Å². The van der Waals surface area contributed by atoms with Crippen LogP contribution in [0.15, 0.2) is 12.7 Å². The zero-order valence-electron chi connectivity index (χ0n) is 10.4. The van der Waals surface area contributed by atoms with E-state index >= 15 is 0 Å². The van der Waals surface area contributed by atoms with Gasteiger partial charge in [0.2, 0.25) is 11.8 Å². The summed E-state index contributed by atoms with van der Waals surface area (Å²) in [6.45, 7) is 7.63. The summed E-state index contributed by atoms with van der Waals surface area (Å²) in [7, 11) is 0. The molecule has 1 heterocycles. The average Bonchev–Trinajstić information content (AvgIpc) is 2.86. The van der Waals surface area contributed by atoms with Gasteiger partial charge in [0.25, 0.3) is 0 Å². The van der Waals surface area contributed by atoms with E-state index in [0.717, 1.165) is 25.9 Å². The molecule has 1 rings (SSSR count). The fourth-order valence-electron chi connectivity index (χ4n) is 1.74. The van der Waals surface area contributed by atoms with Gasteiger partial charge in [0, 0.05) is 19.6 Å². The highest BCUT2D eigenvalue weighted by atomic mass is 16.2. The minimum absolute atomic E-state index is 0.0749. The molecule has 0 aliphatic carbocycles. The SMILES string of the molecule is C=CCNC(=O)C(C)NCC(=O)N1CCCC1. The van der Waals surface area contributed by atoms with Gasteiger partial charge in [0.05, 0.1) is 12.6 Å². The summed E-state index contributed by atoms with van der Waals surface area (Å²) in [4.78, 5) is 25.0. The van der Waals surface area contributed by atoms with Crippen molar-refractivity contribution >= 4 is 11.8 Å². The minimum atomic E-state index is -0.360. The van der Waals surface area contributed by atoms with E-state index in [9.17, 15) is 9.59 Å². The molecule has 2 N–H and O–H groups in total. The predicted molar refractivity (Wildman–Crippen MR) is 66.5 cm³/mol. The van der Waals surface area contributed by atoms with E-state index < -0.39 is 0 Å². The Morgan fingerprint density at radius 3 is 2.65 bits per heavy atom. The Hall–Kier alpha value is -1.36.